The maximum absolute atomic E-state index is 12.6. The van der Waals surface area contributed by atoms with Crippen molar-refractivity contribution in [2.45, 2.75) is 13.0 Å². The molecule has 0 aliphatic carbocycles. The zero-order valence-corrected chi connectivity index (χ0v) is 12.6. The minimum absolute atomic E-state index is 0.0266. The van der Waals surface area contributed by atoms with Crippen LogP contribution in [0.25, 0.3) is 0 Å². The first kappa shape index (κ1) is 13.2. The summed E-state index contributed by atoms with van der Waals surface area (Å²) in [5, 5.41) is 0. The molecule has 1 heterocycles. The van der Waals surface area contributed by atoms with Crippen LogP contribution in [-0.4, -0.2) is 17.4 Å². The predicted molar refractivity (Wildman–Crippen MR) is 83.4 cm³/mol. The van der Waals surface area contributed by atoms with E-state index < -0.39 is 0 Å². The average molecular weight is 331 g/mol. The lowest BCUT2D eigenvalue weighted by molar-refractivity contribution is 0.0734. The van der Waals surface area contributed by atoms with Gasteiger partial charge in [-0.1, -0.05) is 30.3 Å². The normalized spacial score (nSPS) is 13.9. The van der Waals surface area contributed by atoms with Gasteiger partial charge >= 0.3 is 0 Å². The molecular weight excluding hydrogens is 316 g/mol. The van der Waals surface area contributed by atoms with E-state index in [0.29, 0.717) is 22.3 Å². The number of amides is 1. The second-order valence-corrected chi connectivity index (χ2v) is 5.75. The van der Waals surface area contributed by atoms with Crippen LogP contribution in [0.2, 0.25) is 0 Å². The second kappa shape index (κ2) is 5.29. The average Bonchev–Trinajstić information content (AvgIpc) is 2.49. The van der Waals surface area contributed by atoms with Gasteiger partial charge in [-0.15, -0.1) is 0 Å². The highest BCUT2D eigenvalue weighted by atomic mass is 79.9. The fraction of sp³-hybridized carbons (Fsp3) is 0.188. The van der Waals surface area contributed by atoms with Gasteiger partial charge in [-0.05, 0) is 45.6 Å². The maximum Gasteiger partial charge on any atom is 0.255 e. The molecule has 3 nitrogen and oxygen atoms in total. The van der Waals surface area contributed by atoms with Gasteiger partial charge in [-0.25, -0.2) is 0 Å². The van der Waals surface area contributed by atoms with E-state index in [0.717, 1.165) is 13.0 Å². The van der Waals surface area contributed by atoms with Crippen molar-refractivity contribution in [3.05, 3.63) is 63.6 Å². The summed E-state index contributed by atoms with van der Waals surface area (Å²) >= 11 is 3.41. The van der Waals surface area contributed by atoms with Crippen molar-refractivity contribution in [1.29, 1.82) is 0 Å². The molecule has 2 aromatic carbocycles. The van der Waals surface area contributed by atoms with Crippen molar-refractivity contribution in [2.75, 3.05) is 12.3 Å². The van der Waals surface area contributed by atoms with Crippen molar-refractivity contribution >= 4 is 27.5 Å². The topological polar surface area (TPSA) is 46.3 Å². The Kier molecular flexibility index (Phi) is 3.49. The number of benzene rings is 2. The van der Waals surface area contributed by atoms with Crippen LogP contribution in [0.15, 0.2) is 46.9 Å². The zero-order chi connectivity index (χ0) is 14.1. The molecule has 0 saturated carbocycles. The third-order valence-electron chi connectivity index (χ3n) is 3.68. The summed E-state index contributed by atoms with van der Waals surface area (Å²) in [6, 6.07) is 13.7. The molecule has 0 saturated heterocycles. The molecule has 0 fully saturated rings. The Balaban J connectivity index is 1.88. The molecule has 0 unspecified atom stereocenters. The Bertz CT molecular complexity index is 669. The molecule has 102 valence electrons. The first-order valence-electron chi connectivity index (χ1n) is 6.57. The predicted octanol–water partition coefficient (Wildman–Crippen LogP) is 3.23. The summed E-state index contributed by atoms with van der Waals surface area (Å²) < 4.78 is 0.684. The molecule has 3 rings (SSSR count). The number of fused-ring (bicyclic) bond motifs is 1. The smallest absolute Gasteiger partial charge is 0.255 e. The van der Waals surface area contributed by atoms with Crippen LogP contribution in [0, 0.1) is 0 Å². The van der Waals surface area contributed by atoms with E-state index in [1.807, 2.05) is 29.2 Å². The Morgan fingerprint density at radius 3 is 2.65 bits per heavy atom. The molecule has 2 aromatic rings. The summed E-state index contributed by atoms with van der Waals surface area (Å²) in [5.74, 6) is 0.0266. The van der Waals surface area contributed by atoms with E-state index in [-0.39, 0.29) is 5.91 Å². The maximum atomic E-state index is 12.6. The zero-order valence-electron chi connectivity index (χ0n) is 11.0. The Labute approximate surface area is 126 Å². The molecule has 0 bridgehead atoms. The van der Waals surface area contributed by atoms with Crippen LogP contribution in [0.5, 0.6) is 0 Å². The summed E-state index contributed by atoms with van der Waals surface area (Å²) in [5.41, 5.74) is 9.63. The van der Waals surface area contributed by atoms with Crippen LogP contribution >= 0.6 is 15.9 Å². The molecule has 2 N–H and O–H groups in total. The molecule has 1 aliphatic heterocycles. The fourth-order valence-corrected chi connectivity index (χ4v) is 2.99. The van der Waals surface area contributed by atoms with Crippen molar-refractivity contribution < 1.29 is 4.79 Å². The van der Waals surface area contributed by atoms with Crippen LogP contribution in [0.3, 0.4) is 0 Å². The molecule has 0 atom stereocenters. The van der Waals surface area contributed by atoms with Gasteiger partial charge in [0.25, 0.3) is 5.91 Å². The summed E-state index contributed by atoms with van der Waals surface area (Å²) in [4.78, 5) is 14.5. The number of nitrogens with zero attached hydrogens (tertiary/aromatic N) is 1. The number of nitrogen functional groups attached to an aromatic ring is 1. The van der Waals surface area contributed by atoms with Crippen molar-refractivity contribution in [1.82, 2.24) is 4.90 Å². The van der Waals surface area contributed by atoms with E-state index >= 15 is 0 Å². The van der Waals surface area contributed by atoms with E-state index in [1.165, 1.54) is 11.1 Å². The third-order valence-corrected chi connectivity index (χ3v) is 4.56. The highest BCUT2D eigenvalue weighted by molar-refractivity contribution is 9.10. The third kappa shape index (κ3) is 2.31. The number of nitrogens with two attached hydrogens (primary N) is 1. The largest absolute Gasteiger partial charge is 0.398 e. The van der Waals surface area contributed by atoms with Gasteiger partial charge in [0.15, 0.2) is 0 Å². The van der Waals surface area contributed by atoms with Crippen LogP contribution in [0.4, 0.5) is 5.69 Å². The van der Waals surface area contributed by atoms with Gasteiger partial charge in [0, 0.05) is 18.8 Å². The highest BCUT2D eigenvalue weighted by Gasteiger charge is 2.23. The Morgan fingerprint density at radius 1 is 1.10 bits per heavy atom. The Hall–Kier alpha value is -1.81. The van der Waals surface area contributed by atoms with Crippen LogP contribution in [0.1, 0.15) is 21.5 Å². The fourth-order valence-electron chi connectivity index (χ4n) is 2.55. The van der Waals surface area contributed by atoms with Crippen LogP contribution < -0.4 is 5.73 Å². The number of rotatable bonds is 1. The molecule has 1 aliphatic rings. The van der Waals surface area contributed by atoms with E-state index in [9.17, 15) is 4.79 Å². The minimum Gasteiger partial charge on any atom is -0.398 e. The minimum atomic E-state index is 0.0266. The lowest BCUT2D eigenvalue weighted by atomic mass is 9.99. The first-order chi connectivity index (χ1) is 9.66. The van der Waals surface area contributed by atoms with Gasteiger partial charge in [0.05, 0.1) is 10.0 Å². The molecular formula is C16H15BrN2O. The molecule has 0 radical (unpaired) electrons. The van der Waals surface area contributed by atoms with Gasteiger partial charge in [0.2, 0.25) is 0 Å². The number of hydrogen-bond acceptors (Lipinski definition) is 2. The van der Waals surface area contributed by atoms with E-state index in [4.69, 9.17) is 5.73 Å². The molecule has 1 amide bonds. The number of halogens is 1. The molecule has 20 heavy (non-hydrogen) atoms. The quantitative estimate of drug-likeness (QED) is 0.816. The monoisotopic (exact) mass is 330 g/mol. The first-order valence-corrected chi connectivity index (χ1v) is 7.36. The lowest BCUT2D eigenvalue weighted by Crippen LogP contribution is -2.36. The Morgan fingerprint density at radius 2 is 1.85 bits per heavy atom. The lowest BCUT2D eigenvalue weighted by Gasteiger charge is -2.29. The second-order valence-electron chi connectivity index (χ2n) is 4.95. The number of hydrogen-bond donors (Lipinski definition) is 1. The van der Waals surface area contributed by atoms with Crippen LogP contribution in [-0.2, 0) is 13.0 Å². The number of carbonyl (C=O) groups excluding carboxylic acids is 1. The molecule has 0 spiro atoms. The number of carbonyl (C=O) groups is 1. The van der Waals surface area contributed by atoms with E-state index in [1.54, 1.807) is 6.07 Å². The van der Waals surface area contributed by atoms with Crippen molar-refractivity contribution in [2.24, 2.45) is 0 Å². The highest BCUT2D eigenvalue weighted by Crippen LogP contribution is 2.27. The van der Waals surface area contributed by atoms with Gasteiger partial charge in [0.1, 0.15) is 0 Å². The van der Waals surface area contributed by atoms with Crippen molar-refractivity contribution in [3.8, 4) is 0 Å². The molecule has 4 heteroatoms. The summed E-state index contributed by atoms with van der Waals surface area (Å²) in [6.45, 7) is 1.41. The summed E-state index contributed by atoms with van der Waals surface area (Å²) in [6.07, 6.45) is 0.905. The molecule has 0 aromatic heterocycles. The van der Waals surface area contributed by atoms with Gasteiger partial charge in [-0.2, -0.15) is 0 Å². The standard InChI is InChI=1S/C16H15BrN2O/c17-15-13(6-3-7-14(15)18)16(20)19-9-8-11-4-1-2-5-12(11)10-19/h1-7H,8-10,18H2. The SMILES string of the molecule is Nc1cccc(C(=O)N2CCc3ccccc3C2)c1Br. The number of anilines is 1. The summed E-state index contributed by atoms with van der Waals surface area (Å²) in [7, 11) is 0. The van der Waals surface area contributed by atoms with Crippen molar-refractivity contribution in [3.63, 3.8) is 0 Å². The van der Waals surface area contributed by atoms with Gasteiger partial charge < -0.3 is 10.6 Å². The van der Waals surface area contributed by atoms with E-state index in [2.05, 4.69) is 28.1 Å². The van der Waals surface area contributed by atoms with Gasteiger partial charge in [-0.3, -0.25) is 4.79 Å².